The third-order valence-corrected chi connectivity index (χ3v) is 5.24. The lowest BCUT2D eigenvalue weighted by molar-refractivity contribution is -0.115. The Kier molecular flexibility index (Phi) is 5.46. The summed E-state index contributed by atoms with van der Waals surface area (Å²) in [6.07, 6.45) is 0.0915. The number of rotatable bonds is 6. The van der Waals surface area contributed by atoms with Crippen molar-refractivity contribution in [1.29, 1.82) is 0 Å². The Balaban J connectivity index is 2.14. The number of amides is 1. The molecule has 0 atom stereocenters. The Morgan fingerprint density at radius 1 is 1.17 bits per heavy atom. The summed E-state index contributed by atoms with van der Waals surface area (Å²) in [5.41, 5.74) is 0.841. The number of hydrogen-bond donors (Lipinski definition) is 2. The molecule has 1 amide bonds. The summed E-state index contributed by atoms with van der Waals surface area (Å²) in [4.78, 5) is 12.2. The van der Waals surface area contributed by atoms with Gasteiger partial charge in [0.15, 0.2) is 9.84 Å². The molecule has 128 valence electrons. The van der Waals surface area contributed by atoms with Crippen molar-refractivity contribution >= 4 is 21.4 Å². The van der Waals surface area contributed by atoms with Crippen LogP contribution in [0.5, 0.6) is 11.5 Å². The van der Waals surface area contributed by atoms with Crippen molar-refractivity contribution in [1.82, 2.24) is 0 Å². The van der Waals surface area contributed by atoms with E-state index in [-0.39, 0.29) is 34.4 Å². The van der Waals surface area contributed by atoms with Crippen molar-refractivity contribution in [3.63, 3.8) is 0 Å². The summed E-state index contributed by atoms with van der Waals surface area (Å²) in [7, 11) is -1.86. The van der Waals surface area contributed by atoms with Crippen LogP contribution < -0.4 is 10.1 Å². The Hall–Kier alpha value is -2.54. The van der Waals surface area contributed by atoms with Gasteiger partial charge in [0.05, 0.1) is 29.9 Å². The smallest absolute Gasteiger partial charge is 0.228 e. The van der Waals surface area contributed by atoms with Crippen LogP contribution in [-0.4, -0.2) is 32.3 Å². The molecule has 6 nitrogen and oxygen atoms in total. The minimum atomic E-state index is -3.42. The predicted octanol–water partition coefficient (Wildman–Crippen LogP) is 2.38. The molecule has 0 saturated carbocycles. The first kappa shape index (κ1) is 17.8. The molecule has 0 heterocycles. The zero-order chi connectivity index (χ0) is 17.7. The van der Waals surface area contributed by atoms with E-state index in [4.69, 9.17) is 4.74 Å². The van der Waals surface area contributed by atoms with E-state index in [0.29, 0.717) is 5.75 Å². The van der Waals surface area contributed by atoms with E-state index in [0.717, 1.165) is 5.56 Å². The number of hydrogen-bond acceptors (Lipinski definition) is 5. The summed E-state index contributed by atoms with van der Waals surface area (Å²) >= 11 is 0. The molecule has 0 bridgehead atoms. The van der Waals surface area contributed by atoms with Gasteiger partial charge in [-0.3, -0.25) is 4.79 Å². The quantitative estimate of drug-likeness (QED) is 0.781. The van der Waals surface area contributed by atoms with Gasteiger partial charge in [-0.15, -0.1) is 0 Å². The zero-order valence-corrected chi connectivity index (χ0v) is 14.3. The fraction of sp³-hybridized carbons (Fsp3) is 0.235. The maximum absolute atomic E-state index is 12.1. The third kappa shape index (κ3) is 4.26. The van der Waals surface area contributed by atoms with Crippen LogP contribution in [0.2, 0.25) is 0 Å². The van der Waals surface area contributed by atoms with E-state index < -0.39 is 9.84 Å². The normalized spacial score (nSPS) is 11.1. The number of ether oxygens (including phenoxy) is 1. The monoisotopic (exact) mass is 349 g/mol. The fourth-order valence-electron chi connectivity index (χ4n) is 2.10. The van der Waals surface area contributed by atoms with Gasteiger partial charge in [0.25, 0.3) is 0 Å². The molecule has 2 rings (SSSR count). The van der Waals surface area contributed by atoms with Crippen molar-refractivity contribution in [2.24, 2.45) is 0 Å². The molecule has 0 aromatic heterocycles. The minimum absolute atomic E-state index is 0.0579. The number of aromatic hydroxyl groups is 1. The molecule has 0 radical (unpaired) electrons. The number of sulfone groups is 1. The van der Waals surface area contributed by atoms with Gasteiger partial charge in [0, 0.05) is 0 Å². The molecule has 0 unspecified atom stereocenters. The number of methoxy groups -OCH3 is 1. The van der Waals surface area contributed by atoms with Gasteiger partial charge in [-0.1, -0.05) is 19.1 Å². The second-order valence-electron chi connectivity index (χ2n) is 5.16. The van der Waals surface area contributed by atoms with Gasteiger partial charge < -0.3 is 15.2 Å². The molecule has 0 aliphatic rings. The van der Waals surface area contributed by atoms with Crippen LogP contribution >= 0.6 is 0 Å². The van der Waals surface area contributed by atoms with E-state index in [2.05, 4.69) is 5.32 Å². The molecule has 0 fully saturated rings. The van der Waals surface area contributed by atoms with Crippen LogP contribution in [0.15, 0.2) is 47.4 Å². The van der Waals surface area contributed by atoms with E-state index in [9.17, 15) is 18.3 Å². The maximum atomic E-state index is 12.1. The third-order valence-electron chi connectivity index (χ3n) is 3.50. The van der Waals surface area contributed by atoms with Crippen molar-refractivity contribution < 1.29 is 23.1 Å². The van der Waals surface area contributed by atoms with Gasteiger partial charge in [0.2, 0.25) is 5.91 Å². The maximum Gasteiger partial charge on any atom is 0.228 e. The number of nitrogens with one attached hydrogen (secondary N) is 1. The summed E-state index contributed by atoms with van der Waals surface area (Å²) < 4.78 is 28.8. The van der Waals surface area contributed by atoms with Crippen molar-refractivity contribution in [3.05, 3.63) is 48.0 Å². The first-order valence-electron chi connectivity index (χ1n) is 7.34. The highest BCUT2D eigenvalue weighted by atomic mass is 32.2. The van der Waals surface area contributed by atoms with E-state index in [1.165, 1.54) is 25.1 Å². The first-order valence-corrected chi connectivity index (χ1v) is 8.99. The molecule has 7 heteroatoms. The van der Waals surface area contributed by atoms with Crippen LogP contribution in [0.25, 0.3) is 0 Å². The minimum Gasteiger partial charge on any atom is -0.506 e. The lowest BCUT2D eigenvalue weighted by atomic mass is 10.1. The Morgan fingerprint density at radius 2 is 1.83 bits per heavy atom. The average molecular weight is 349 g/mol. The standard InChI is InChI=1S/C17H19NO5S/c1-3-24(21,22)14-8-9-16(19)15(11-14)18-17(20)10-12-4-6-13(23-2)7-5-12/h4-9,11,19H,3,10H2,1-2H3,(H,18,20). The van der Waals surface area contributed by atoms with Crippen LogP contribution in [-0.2, 0) is 21.1 Å². The number of carbonyl (C=O) groups excluding carboxylic acids is 1. The predicted molar refractivity (Wildman–Crippen MR) is 91.2 cm³/mol. The summed E-state index contributed by atoms with van der Waals surface area (Å²) in [6, 6.07) is 10.8. The zero-order valence-electron chi connectivity index (χ0n) is 13.4. The van der Waals surface area contributed by atoms with Crippen LogP contribution in [0, 0.1) is 0 Å². The highest BCUT2D eigenvalue weighted by Crippen LogP contribution is 2.27. The molecule has 2 aromatic rings. The van der Waals surface area contributed by atoms with Crippen LogP contribution in [0.4, 0.5) is 5.69 Å². The summed E-state index contributed by atoms with van der Waals surface area (Å²) in [5, 5.41) is 12.4. The molecule has 0 aliphatic heterocycles. The largest absolute Gasteiger partial charge is 0.506 e. The van der Waals surface area contributed by atoms with E-state index in [1.54, 1.807) is 31.4 Å². The molecule has 2 aromatic carbocycles. The molecule has 0 saturated heterocycles. The molecule has 0 spiro atoms. The SMILES string of the molecule is CCS(=O)(=O)c1ccc(O)c(NC(=O)Cc2ccc(OC)cc2)c1. The lowest BCUT2D eigenvalue weighted by Gasteiger charge is -2.10. The number of anilines is 1. The molecular formula is C17H19NO5S. The number of benzene rings is 2. The van der Waals surface area contributed by atoms with Crippen LogP contribution in [0.3, 0.4) is 0 Å². The molecule has 24 heavy (non-hydrogen) atoms. The molecular weight excluding hydrogens is 330 g/mol. The number of carbonyl (C=O) groups is 1. The molecule has 2 N–H and O–H groups in total. The van der Waals surface area contributed by atoms with Gasteiger partial charge in [0.1, 0.15) is 11.5 Å². The average Bonchev–Trinajstić information content (AvgIpc) is 2.57. The Morgan fingerprint density at radius 3 is 2.42 bits per heavy atom. The molecule has 0 aliphatic carbocycles. The Bertz CT molecular complexity index is 829. The summed E-state index contributed by atoms with van der Waals surface area (Å²) in [6.45, 7) is 1.53. The van der Waals surface area contributed by atoms with Gasteiger partial charge >= 0.3 is 0 Å². The van der Waals surface area contributed by atoms with Crippen molar-refractivity contribution in [2.75, 3.05) is 18.2 Å². The van der Waals surface area contributed by atoms with Crippen molar-refractivity contribution in [2.45, 2.75) is 18.2 Å². The van der Waals surface area contributed by atoms with E-state index >= 15 is 0 Å². The summed E-state index contributed by atoms with van der Waals surface area (Å²) in [5.74, 6) is 0.0840. The topological polar surface area (TPSA) is 92.7 Å². The highest BCUT2D eigenvalue weighted by Gasteiger charge is 2.15. The first-order chi connectivity index (χ1) is 11.4. The van der Waals surface area contributed by atoms with Gasteiger partial charge in [-0.2, -0.15) is 0 Å². The Labute approximate surface area is 141 Å². The number of phenols is 1. The fourth-order valence-corrected chi connectivity index (χ4v) is 3.00. The van der Waals surface area contributed by atoms with E-state index in [1.807, 2.05) is 0 Å². The van der Waals surface area contributed by atoms with Crippen LogP contribution in [0.1, 0.15) is 12.5 Å². The lowest BCUT2D eigenvalue weighted by Crippen LogP contribution is -2.15. The highest BCUT2D eigenvalue weighted by molar-refractivity contribution is 7.91. The van der Waals surface area contributed by atoms with Gasteiger partial charge in [-0.05, 0) is 35.9 Å². The van der Waals surface area contributed by atoms with Gasteiger partial charge in [-0.25, -0.2) is 8.42 Å². The second-order valence-corrected chi connectivity index (χ2v) is 7.43. The second kappa shape index (κ2) is 7.35. The number of phenolic OH excluding ortho intramolecular Hbond substituents is 1. The van der Waals surface area contributed by atoms with Crippen molar-refractivity contribution in [3.8, 4) is 11.5 Å².